The Morgan fingerprint density at radius 1 is 1.37 bits per heavy atom. The van der Waals surface area contributed by atoms with Crippen LogP contribution in [0, 0.1) is 0 Å². The average Bonchev–Trinajstić information content (AvgIpc) is 3.07. The van der Waals surface area contributed by atoms with Crippen molar-refractivity contribution in [2.45, 2.75) is 45.0 Å². The van der Waals surface area contributed by atoms with Crippen LogP contribution < -0.4 is 10.5 Å². The molecule has 1 fully saturated rings. The van der Waals surface area contributed by atoms with Gasteiger partial charge in [-0.05, 0) is 25.0 Å². The number of nitrogens with zero attached hydrogens (tertiary/aromatic N) is 2. The SMILES string of the molecule is CCC1CN(c2c(CS(=O)[O-])ccc(C(=O)c3c[nH]n(CC)c3=O)c2Cl)CC(O)O1. The zero-order valence-corrected chi connectivity index (χ0v) is 18.2. The van der Waals surface area contributed by atoms with Gasteiger partial charge in [-0.2, -0.15) is 0 Å². The number of aromatic nitrogens is 2. The smallest absolute Gasteiger partial charge is 0.277 e. The van der Waals surface area contributed by atoms with Gasteiger partial charge in [0.2, 0.25) is 5.78 Å². The van der Waals surface area contributed by atoms with Crippen molar-refractivity contribution in [3.63, 3.8) is 0 Å². The van der Waals surface area contributed by atoms with Crippen LogP contribution in [0.25, 0.3) is 0 Å². The minimum Gasteiger partial charge on any atom is -0.772 e. The van der Waals surface area contributed by atoms with Gasteiger partial charge in [0.05, 0.1) is 23.4 Å². The van der Waals surface area contributed by atoms with Crippen LogP contribution in [0.15, 0.2) is 23.1 Å². The number of carbonyl (C=O) groups excluding carboxylic acids is 1. The maximum atomic E-state index is 13.0. The molecule has 11 heteroatoms. The first-order valence-electron chi connectivity index (χ1n) is 9.55. The molecule has 1 saturated heterocycles. The van der Waals surface area contributed by atoms with Gasteiger partial charge < -0.3 is 24.4 Å². The van der Waals surface area contributed by atoms with E-state index >= 15 is 0 Å². The molecule has 1 aromatic heterocycles. The number of anilines is 1. The number of aliphatic hydroxyl groups is 1. The summed E-state index contributed by atoms with van der Waals surface area (Å²) in [5.41, 5.74) is 0.309. The number of aryl methyl sites for hydroxylation is 1. The van der Waals surface area contributed by atoms with Crippen LogP contribution >= 0.6 is 11.6 Å². The van der Waals surface area contributed by atoms with Crippen LogP contribution in [0.4, 0.5) is 5.69 Å². The lowest BCUT2D eigenvalue weighted by Gasteiger charge is -2.38. The van der Waals surface area contributed by atoms with E-state index < -0.39 is 28.7 Å². The molecular formula is C19H23ClN3O6S-. The molecule has 1 aliphatic rings. The van der Waals surface area contributed by atoms with Crippen LogP contribution in [0.1, 0.15) is 41.8 Å². The van der Waals surface area contributed by atoms with Crippen molar-refractivity contribution >= 4 is 34.2 Å². The van der Waals surface area contributed by atoms with E-state index in [0.29, 0.717) is 30.8 Å². The third-order valence-electron chi connectivity index (χ3n) is 5.04. The number of nitrogens with one attached hydrogen (secondary N) is 1. The minimum atomic E-state index is -2.39. The Kier molecular flexibility index (Phi) is 7.14. The Balaban J connectivity index is 2.09. The zero-order chi connectivity index (χ0) is 22.0. The van der Waals surface area contributed by atoms with Crippen LogP contribution in [-0.4, -0.2) is 54.9 Å². The molecule has 0 spiro atoms. The van der Waals surface area contributed by atoms with Gasteiger partial charge >= 0.3 is 0 Å². The number of rotatable bonds is 7. The fourth-order valence-electron chi connectivity index (χ4n) is 3.54. The lowest BCUT2D eigenvalue weighted by Crippen LogP contribution is -2.48. The van der Waals surface area contributed by atoms with E-state index in [9.17, 15) is 23.5 Å². The summed E-state index contributed by atoms with van der Waals surface area (Å²) in [6.07, 6.45) is 0.602. The van der Waals surface area contributed by atoms with Gasteiger partial charge in [-0.3, -0.25) is 18.5 Å². The third kappa shape index (κ3) is 4.52. The van der Waals surface area contributed by atoms with E-state index in [0.717, 1.165) is 0 Å². The van der Waals surface area contributed by atoms with E-state index in [-0.39, 0.29) is 34.6 Å². The Hall–Kier alpha value is -1.98. The van der Waals surface area contributed by atoms with Crippen LogP contribution in [0.5, 0.6) is 0 Å². The second-order valence-electron chi connectivity index (χ2n) is 6.97. The summed E-state index contributed by atoms with van der Waals surface area (Å²) in [6, 6.07) is 2.94. The van der Waals surface area contributed by atoms with E-state index in [4.69, 9.17) is 16.3 Å². The van der Waals surface area contributed by atoms with E-state index in [1.807, 2.05) is 6.92 Å². The largest absolute Gasteiger partial charge is 0.772 e. The number of aromatic amines is 1. The monoisotopic (exact) mass is 456 g/mol. The number of aliphatic hydroxyl groups excluding tert-OH is 1. The van der Waals surface area contributed by atoms with E-state index in [2.05, 4.69) is 5.10 Å². The first-order valence-corrected chi connectivity index (χ1v) is 11.2. The first-order chi connectivity index (χ1) is 14.3. The number of hydrogen-bond donors (Lipinski definition) is 2. The van der Waals surface area contributed by atoms with Crippen LogP contribution in [-0.2, 0) is 28.1 Å². The standard InChI is InChI=1S/C19H24ClN3O6S/c1-3-12-8-22(9-15(24)29-12)17-11(10-30(27)28)5-6-13(16(17)20)18(25)14-7-21-23(4-2)19(14)26/h5-7,12,15,21,24H,3-4,8-10H2,1-2H3,(H,27,28)/p-1. The van der Waals surface area contributed by atoms with Gasteiger partial charge in [-0.1, -0.05) is 35.7 Å². The molecule has 0 bridgehead atoms. The summed E-state index contributed by atoms with van der Waals surface area (Å²) in [5, 5.41) is 12.8. The van der Waals surface area contributed by atoms with Crippen molar-refractivity contribution in [2.24, 2.45) is 0 Å². The predicted molar refractivity (Wildman–Crippen MR) is 112 cm³/mol. The van der Waals surface area contributed by atoms with Crippen molar-refractivity contribution in [3.8, 4) is 0 Å². The topological polar surface area (TPSA) is 128 Å². The molecule has 3 rings (SSSR count). The number of halogens is 1. The molecule has 9 nitrogen and oxygen atoms in total. The van der Waals surface area contributed by atoms with Crippen molar-refractivity contribution in [1.82, 2.24) is 9.78 Å². The van der Waals surface area contributed by atoms with E-state index in [1.165, 1.54) is 23.0 Å². The highest BCUT2D eigenvalue weighted by molar-refractivity contribution is 7.78. The number of β-amino-alcohol motifs (C(OH)–C–C–N with tert-alkyl or cyclic N) is 1. The van der Waals surface area contributed by atoms with E-state index in [1.54, 1.807) is 11.8 Å². The molecule has 0 amide bonds. The number of benzene rings is 1. The summed E-state index contributed by atoms with van der Waals surface area (Å²) >= 11 is 4.22. The summed E-state index contributed by atoms with van der Waals surface area (Å²) < 4.78 is 29.5. The Bertz CT molecular complexity index is 1020. The van der Waals surface area contributed by atoms with Crippen molar-refractivity contribution in [3.05, 3.63) is 50.4 Å². The Morgan fingerprint density at radius 2 is 2.10 bits per heavy atom. The molecule has 30 heavy (non-hydrogen) atoms. The zero-order valence-electron chi connectivity index (χ0n) is 16.6. The molecule has 164 valence electrons. The highest BCUT2D eigenvalue weighted by Gasteiger charge is 2.30. The molecule has 2 N–H and O–H groups in total. The number of H-pyrrole nitrogens is 1. The maximum Gasteiger partial charge on any atom is 0.277 e. The second-order valence-corrected chi connectivity index (χ2v) is 8.25. The molecule has 0 aliphatic carbocycles. The lowest BCUT2D eigenvalue weighted by atomic mass is 10.0. The number of hydrogen-bond acceptors (Lipinski definition) is 7. The van der Waals surface area contributed by atoms with Crippen molar-refractivity contribution in [1.29, 1.82) is 0 Å². The molecule has 0 radical (unpaired) electrons. The van der Waals surface area contributed by atoms with Gasteiger partial charge in [-0.25, -0.2) is 0 Å². The number of morpholine rings is 1. The number of ether oxygens (including phenoxy) is 1. The summed E-state index contributed by atoms with van der Waals surface area (Å²) in [6.45, 7) is 4.49. The molecule has 3 atom stereocenters. The summed E-state index contributed by atoms with van der Waals surface area (Å²) in [5.74, 6) is -0.869. The van der Waals surface area contributed by atoms with Gasteiger partial charge in [-0.15, -0.1) is 0 Å². The van der Waals surface area contributed by atoms with Gasteiger partial charge in [0, 0.05) is 30.6 Å². The number of carbonyl (C=O) groups is 1. The van der Waals surface area contributed by atoms with Gasteiger partial charge in [0.15, 0.2) is 6.29 Å². The van der Waals surface area contributed by atoms with Crippen LogP contribution in [0.2, 0.25) is 5.02 Å². The molecule has 1 aromatic carbocycles. The molecule has 1 aliphatic heterocycles. The molecule has 0 saturated carbocycles. The summed E-state index contributed by atoms with van der Waals surface area (Å²) in [7, 11) is 0. The Labute approximate surface area is 180 Å². The number of ketones is 1. The minimum absolute atomic E-state index is 0.0375. The highest BCUT2D eigenvalue weighted by Crippen LogP contribution is 2.36. The molecular weight excluding hydrogens is 434 g/mol. The third-order valence-corrected chi connectivity index (χ3v) is 5.97. The summed E-state index contributed by atoms with van der Waals surface area (Å²) in [4.78, 5) is 27.1. The fraction of sp³-hybridized carbons (Fsp3) is 0.474. The maximum absolute atomic E-state index is 13.0. The van der Waals surface area contributed by atoms with Crippen molar-refractivity contribution in [2.75, 3.05) is 18.0 Å². The van der Waals surface area contributed by atoms with Crippen molar-refractivity contribution < 1.29 is 23.4 Å². The Morgan fingerprint density at radius 3 is 2.70 bits per heavy atom. The quantitative estimate of drug-likeness (QED) is 0.476. The average molecular weight is 457 g/mol. The van der Waals surface area contributed by atoms with Gasteiger partial charge in [0.1, 0.15) is 5.56 Å². The lowest BCUT2D eigenvalue weighted by molar-refractivity contribution is -0.143. The van der Waals surface area contributed by atoms with Gasteiger partial charge in [0.25, 0.3) is 5.56 Å². The normalized spacial score (nSPS) is 20.4. The first kappa shape index (κ1) is 22.7. The molecule has 3 unspecified atom stereocenters. The predicted octanol–water partition coefficient (Wildman–Crippen LogP) is 1.39. The molecule has 2 aromatic rings. The van der Waals surface area contributed by atoms with Crippen LogP contribution in [0.3, 0.4) is 0 Å². The molecule has 2 heterocycles. The second kappa shape index (κ2) is 9.44. The fourth-order valence-corrected chi connectivity index (χ4v) is 4.42. The highest BCUT2D eigenvalue weighted by atomic mass is 35.5.